The van der Waals surface area contributed by atoms with Crippen molar-refractivity contribution in [2.45, 2.75) is 26.3 Å². The first-order valence-electron chi connectivity index (χ1n) is 7.96. The van der Waals surface area contributed by atoms with Crippen LogP contribution in [0.5, 0.6) is 0 Å². The number of nitrogens with one attached hydrogen (secondary N) is 1. The average Bonchev–Trinajstić information content (AvgIpc) is 2.59. The Hall–Kier alpha value is -2.81. The second-order valence-electron chi connectivity index (χ2n) is 6.03. The highest BCUT2D eigenvalue weighted by atomic mass is 16.4. The number of nitriles is 1. The van der Waals surface area contributed by atoms with Crippen molar-refractivity contribution in [3.8, 4) is 6.07 Å². The van der Waals surface area contributed by atoms with E-state index in [1.54, 1.807) is 17.0 Å². The van der Waals surface area contributed by atoms with E-state index in [0.29, 0.717) is 25.6 Å². The van der Waals surface area contributed by atoms with Gasteiger partial charge in [-0.1, -0.05) is 19.1 Å². The van der Waals surface area contributed by atoms with Crippen molar-refractivity contribution in [1.29, 1.82) is 5.26 Å². The molecular formula is C18H21N3O3. The van der Waals surface area contributed by atoms with Crippen LogP contribution in [0.2, 0.25) is 0 Å². The predicted octanol–water partition coefficient (Wildman–Crippen LogP) is 2.14. The summed E-state index contributed by atoms with van der Waals surface area (Å²) >= 11 is 0. The smallest absolute Gasteiger partial charge is 0.335 e. The number of nitrogens with zero attached hydrogens (tertiary/aromatic N) is 2. The second-order valence-corrected chi connectivity index (χ2v) is 6.03. The first kappa shape index (κ1) is 17.5. The van der Waals surface area contributed by atoms with Crippen molar-refractivity contribution in [1.82, 2.24) is 10.2 Å². The molecule has 1 amide bonds. The van der Waals surface area contributed by atoms with Gasteiger partial charge in [-0.15, -0.1) is 0 Å². The molecule has 6 heteroatoms. The summed E-state index contributed by atoms with van der Waals surface area (Å²) in [4.78, 5) is 24.8. The Balaban J connectivity index is 1.92. The number of carbonyl (C=O) groups is 2. The summed E-state index contributed by atoms with van der Waals surface area (Å²) in [6.45, 7) is 3.96. The number of hydrogen-bond donors (Lipinski definition) is 2. The fourth-order valence-electron chi connectivity index (χ4n) is 2.56. The molecule has 1 heterocycles. The van der Waals surface area contributed by atoms with Crippen LogP contribution in [-0.2, 0) is 11.3 Å². The molecule has 0 aliphatic carbocycles. The van der Waals surface area contributed by atoms with Gasteiger partial charge in [0.2, 0.25) is 0 Å². The highest BCUT2D eigenvalue weighted by Gasteiger charge is 2.22. The Bertz CT molecular complexity index is 666. The molecule has 2 rings (SSSR count). The fraction of sp³-hybridized carbons (Fsp3) is 0.389. The van der Waals surface area contributed by atoms with Crippen LogP contribution in [0.15, 0.2) is 36.0 Å². The van der Waals surface area contributed by atoms with E-state index in [9.17, 15) is 14.9 Å². The van der Waals surface area contributed by atoms with E-state index in [0.717, 1.165) is 18.4 Å². The molecule has 0 spiro atoms. The molecular weight excluding hydrogens is 306 g/mol. The number of benzene rings is 1. The van der Waals surface area contributed by atoms with Gasteiger partial charge in [0.1, 0.15) is 11.6 Å². The van der Waals surface area contributed by atoms with E-state index >= 15 is 0 Å². The van der Waals surface area contributed by atoms with Gasteiger partial charge in [0, 0.05) is 25.8 Å². The van der Waals surface area contributed by atoms with Crippen LogP contribution in [0.3, 0.4) is 0 Å². The number of amides is 1. The van der Waals surface area contributed by atoms with E-state index in [4.69, 9.17) is 5.11 Å². The lowest BCUT2D eigenvalue weighted by molar-refractivity contribution is -0.128. The zero-order valence-electron chi connectivity index (χ0n) is 13.7. The largest absolute Gasteiger partial charge is 0.478 e. The Morgan fingerprint density at radius 3 is 2.50 bits per heavy atom. The summed E-state index contributed by atoms with van der Waals surface area (Å²) in [5, 5.41) is 21.0. The molecule has 0 unspecified atom stereocenters. The van der Waals surface area contributed by atoms with Gasteiger partial charge in [-0.25, -0.2) is 4.79 Å². The number of hydrogen-bond acceptors (Lipinski definition) is 4. The Morgan fingerprint density at radius 2 is 1.96 bits per heavy atom. The van der Waals surface area contributed by atoms with Gasteiger partial charge in [0.15, 0.2) is 0 Å². The normalized spacial score (nSPS) is 15.7. The maximum atomic E-state index is 12.3. The maximum Gasteiger partial charge on any atom is 0.335 e. The van der Waals surface area contributed by atoms with Crippen molar-refractivity contribution in [2.24, 2.45) is 5.92 Å². The Kier molecular flexibility index (Phi) is 5.96. The van der Waals surface area contributed by atoms with Gasteiger partial charge in [-0.3, -0.25) is 4.79 Å². The molecule has 24 heavy (non-hydrogen) atoms. The van der Waals surface area contributed by atoms with Crippen LogP contribution in [0.25, 0.3) is 0 Å². The molecule has 0 bridgehead atoms. The molecule has 1 saturated heterocycles. The lowest BCUT2D eigenvalue weighted by atomic mass is 9.99. The first-order valence-corrected chi connectivity index (χ1v) is 7.96. The second kappa shape index (κ2) is 8.16. The number of rotatable bonds is 5. The van der Waals surface area contributed by atoms with Gasteiger partial charge < -0.3 is 15.3 Å². The quantitative estimate of drug-likeness (QED) is 0.638. The summed E-state index contributed by atoms with van der Waals surface area (Å²) in [6, 6.07) is 8.39. The van der Waals surface area contributed by atoms with Crippen LogP contribution < -0.4 is 5.32 Å². The van der Waals surface area contributed by atoms with E-state index < -0.39 is 5.97 Å². The number of carboxylic acid groups (broad SMARTS) is 1. The van der Waals surface area contributed by atoms with Crippen LogP contribution in [-0.4, -0.2) is 35.0 Å². The van der Waals surface area contributed by atoms with Gasteiger partial charge >= 0.3 is 5.97 Å². The molecule has 1 fully saturated rings. The van der Waals surface area contributed by atoms with Gasteiger partial charge in [-0.05, 0) is 36.5 Å². The van der Waals surface area contributed by atoms with Gasteiger partial charge in [0.25, 0.3) is 5.91 Å². The third-order valence-corrected chi connectivity index (χ3v) is 4.18. The van der Waals surface area contributed by atoms with Crippen molar-refractivity contribution in [3.05, 3.63) is 47.2 Å². The topological polar surface area (TPSA) is 93.4 Å². The Labute approximate surface area is 141 Å². The summed E-state index contributed by atoms with van der Waals surface area (Å²) in [5.41, 5.74) is 1.18. The molecule has 0 radical (unpaired) electrons. The molecule has 0 saturated carbocycles. The number of likely N-dealkylation sites (tertiary alicyclic amines) is 1. The number of carbonyl (C=O) groups excluding carboxylic acids is 1. The summed E-state index contributed by atoms with van der Waals surface area (Å²) in [6.07, 6.45) is 3.37. The molecule has 1 aliphatic heterocycles. The van der Waals surface area contributed by atoms with Crippen LogP contribution in [0.4, 0.5) is 0 Å². The molecule has 2 N–H and O–H groups in total. The third-order valence-electron chi connectivity index (χ3n) is 4.18. The lowest BCUT2D eigenvalue weighted by Crippen LogP contribution is -2.38. The van der Waals surface area contributed by atoms with Crippen LogP contribution in [0, 0.1) is 17.2 Å². The first-order chi connectivity index (χ1) is 11.5. The summed E-state index contributed by atoms with van der Waals surface area (Å²) < 4.78 is 0. The number of aromatic carboxylic acids is 1. The van der Waals surface area contributed by atoms with Crippen molar-refractivity contribution in [3.63, 3.8) is 0 Å². The minimum absolute atomic E-state index is 0.0895. The SMILES string of the molecule is CC1CCN(C(=O)/C(C#N)=C\NCc2ccc(C(=O)O)cc2)CC1. The average molecular weight is 327 g/mol. The summed E-state index contributed by atoms with van der Waals surface area (Å²) in [7, 11) is 0. The highest BCUT2D eigenvalue weighted by Crippen LogP contribution is 2.17. The standard InChI is InChI=1S/C18H21N3O3/c1-13-6-8-21(9-7-13)17(22)16(10-19)12-20-11-14-2-4-15(5-3-14)18(23)24/h2-5,12-13,20H,6-9,11H2,1H3,(H,23,24)/b16-12-. The van der Waals surface area contributed by atoms with E-state index in [1.165, 1.54) is 18.3 Å². The highest BCUT2D eigenvalue weighted by molar-refractivity contribution is 5.97. The van der Waals surface area contributed by atoms with Gasteiger partial charge in [-0.2, -0.15) is 5.26 Å². The summed E-state index contributed by atoms with van der Waals surface area (Å²) in [5.74, 6) is -0.587. The lowest BCUT2D eigenvalue weighted by Gasteiger charge is -2.30. The molecule has 126 valence electrons. The fourth-order valence-corrected chi connectivity index (χ4v) is 2.56. The Morgan fingerprint density at radius 1 is 1.33 bits per heavy atom. The van der Waals surface area contributed by atoms with Gasteiger partial charge in [0.05, 0.1) is 5.56 Å². The minimum atomic E-state index is -0.970. The molecule has 6 nitrogen and oxygen atoms in total. The van der Waals surface area contributed by atoms with E-state index in [2.05, 4.69) is 12.2 Å². The van der Waals surface area contributed by atoms with Crippen molar-refractivity contribution >= 4 is 11.9 Å². The van der Waals surface area contributed by atoms with Crippen LogP contribution in [0.1, 0.15) is 35.7 Å². The molecule has 0 aromatic heterocycles. The predicted molar refractivity (Wildman–Crippen MR) is 88.9 cm³/mol. The zero-order valence-corrected chi connectivity index (χ0v) is 13.7. The van der Waals surface area contributed by atoms with Crippen LogP contribution >= 0.6 is 0 Å². The molecule has 1 aliphatic rings. The third kappa shape index (κ3) is 4.59. The molecule has 0 atom stereocenters. The number of carboxylic acids is 1. The maximum absolute atomic E-state index is 12.3. The molecule has 1 aromatic carbocycles. The zero-order chi connectivity index (χ0) is 17.5. The van der Waals surface area contributed by atoms with E-state index in [-0.39, 0.29) is 17.0 Å². The van der Waals surface area contributed by atoms with Crippen molar-refractivity contribution in [2.75, 3.05) is 13.1 Å². The monoisotopic (exact) mass is 327 g/mol. The molecule has 1 aromatic rings. The number of piperidine rings is 1. The van der Waals surface area contributed by atoms with E-state index in [1.807, 2.05) is 6.07 Å². The minimum Gasteiger partial charge on any atom is -0.478 e. The van der Waals surface area contributed by atoms with Crippen molar-refractivity contribution < 1.29 is 14.7 Å².